The average molecular weight is 302 g/mol. The van der Waals surface area contributed by atoms with E-state index in [1.54, 1.807) is 0 Å². The summed E-state index contributed by atoms with van der Waals surface area (Å²) < 4.78 is 20.5. The second-order valence-corrected chi connectivity index (χ2v) is 4.16. The molecule has 112 valence electrons. The first-order chi connectivity index (χ1) is 9.01. The van der Waals surface area contributed by atoms with Gasteiger partial charge < -0.3 is 39.1 Å². The monoisotopic (exact) mass is 302 g/mol. The Hall–Kier alpha value is 0.230. The molecule has 0 bridgehead atoms. The molecule has 0 amide bonds. The Bertz CT molecular complexity index is 290. The number of aliphatic hydroxyl groups excluding tert-OH is 2. The molecule has 1 aliphatic heterocycles. The van der Waals surface area contributed by atoms with E-state index in [0.717, 1.165) is 0 Å². The zero-order chi connectivity index (χ0) is 14.4. The fourth-order valence-electron chi connectivity index (χ4n) is 1.88. The van der Waals surface area contributed by atoms with Crippen molar-refractivity contribution in [3.05, 3.63) is 0 Å². The molecule has 0 spiro atoms. The molecule has 5 atom stereocenters. The van der Waals surface area contributed by atoms with Crippen molar-refractivity contribution in [3.8, 4) is 0 Å². The molecule has 1 saturated heterocycles. The molecule has 0 aliphatic carbocycles. The number of carbonyl (C=O) groups is 1. The second-order valence-electron chi connectivity index (χ2n) is 4.16. The molecular weight excluding hydrogens is 283 g/mol. The molecule has 1 heterocycles. The summed E-state index contributed by atoms with van der Waals surface area (Å²) in [5, 5.41) is 29.8. The first-order valence-electron chi connectivity index (χ1n) is 5.86. The Balaban J connectivity index is 0.00000361. The van der Waals surface area contributed by atoms with Crippen LogP contribution in [0.15, 0.2) is 0 Å². The van der Waals surface area contributed by atoms with Gasteiger partial charge in [0.2, 0.25) is 0 Å². The summed E-state index contributed by atoms with van der Waals surface area (Å²) in [6.45, 7) is -0.0235. The zero-order valence-electron chi connectivity index (χ0n) is 11.9. The van der Waals surface area contributed by atoms with E-state index in [1.807, 2.05) is 0 Å². The third-order valence-corrected chi connectivity index (χ3v) is 2.88. The van der Waals surface area contributed by atoms with Crippen LogP contribution < -0.4 is 34.7 Å². The molecule has 8 nitrogen and oxygen atoms in total. The second kappa shape index (κ2) is 10.0. The van der Waals surface area contributed by atoms with E-state index in [9.17, 15) is 20.1 Å². The predicted octanol–water partition coefficient (Wildman–Crippen LogP) is -5.74. The molecule has 5 unspecified atom stereocenters. The smallest absolute Gasteiger partial charge is 0.550 e. The number of hydrogen-bond acceptors (Lipinski definition) is 8. The van der Waals surface area contributed by atoms with Crippen molar-refractivity contribution in [2.24, 2.45) is 0 Å². The summed E-state index contributed by atoms with van der Waals surface area (Å²) in [6, 6.07) is 0. The van der Waals surface area contributed by atoms with Gasteiger partial charge in [0, 0.05) is 26.6 Å². The van der Waals surface area contributed by atoms with E-state index in [4.69, 9.17) is 18.9 Å². The van der Waals surface area contributed by atoms with E-state index in [0.29, 0.717) is 0 Å². The van der Waals surface area contributed by atoms with Crippen LogP contribution in [0.1, 0.15) is 6.42 Å². The van der Waals surface area contributed by atoms with Gasteiger partial charge in [-0.2, -0.15) is 0 Å². The summed E-state index contributed by atoms with van der Waals surface area (Å²) >= 11 is 0. The maximum atomic E-state index is 10.2. The average Bonchev–Trinajstić information content (AvgIpc) is 2.38. The van der Waals surface area contributed by atoms with Gasteiger partial charge in [-0.25, -0.2) is 0 Å². The van der Waals surface area contributed by atoms with Gasteiger partial charge in [0.1, 0.15) is 24.4 Å². The van der Waals surface area contributed by atoms with E-state index in [2.05, 4.69) is 0 Å². The number of aliphatic hydroxyl groups is 2. The summed E-state index contributed by atoms with van der Waals surface area (Å²) in [5.74, 6) is -1.21. The van der Waals surface area contributed by atoms with Crippen LogP contribution in [0, 0.1) is 0 Å². The largest absolute Gasteiger partial charge is 1.00 e. The van der Waals surface area contributed by atoms with Crippen molar-refractivity contribution in [2.45, 2.75) is 37.1 Å². The van der Waals surface area contributed by atoms with E-state index >= 15 is 0 Å². The first-order valence-corrected chi connectivity index (χ1v) is 5.86. The van der Waals surface area contributed by atoms with E-state index in [-0.39, 0.29) is 49.2 Å². The zero-order valence-corrected chi connectivity index (χ0v) is 13.9. The van der Waals surface area contributed by atoms with Crippen molar-refractivity contribution in [1.82, 2.24) is 0 Å². The number of rotatable bonds is 7. The molecule has 0 aromatic rings. The molecule has 1 aliphatic rings. The Morgan fingerprint density at radius 3 is 2.40 bits per heavy atom. The van der Waals surface area contributed by atoms with Gasteiger partial charge in [-0.15, -0.1) is 0 Å². The number of aliphatic carboxylic acids is 1. The molecule has 2 N–H and O–H groups in total. The molecule has 0 radical (unpaired) electrons. The van der Waals surface area contributed by atoms with Crippen LogP contribution in [-0.2, 0) is 23.7 Å². The summed E-state index contributed by atoms with van der Waals surface area (Å²) in [4.78, 5) is 10.2. The maximum Gasteiger partial charge on any atom is 1.00 e. The number of hydrogen-bond donors (Lipinski definition) is 2. The SMILES string of the molecule is COC1OC(COCCC(=O)[O-])C(OC)C(O)C1O.[Na+]. The van der Waals surface area contributed by atoms with Crippen LogP contribution in [0.4, 0.5) is 0 Å². The van der Waals surface area contributed by atoms with Crippen molar-refractivity contribution in [2.75, 3.05) is 27.4 Å². The topological polar surface area (TPSA) is 118 Å². The molecule has 0 saturated carbocycles. The van der Waals surface area contributed by atoms with Gasteiger partial charge >= 0.3 is 29.6 Å². The molecule has 0 aromatic heterocycles. The Labute approximate surface area is 139 Å². The van der Waals surface area contributed by atoms with Gasteiger partial charge in [-0.1, -0.05) is 0 Å². The third-order valence-electron chi connectivity index (χ3n) is 2.88. The number of carbonyl (C=O) groups excluding carboxylic acids is 1. The van der Waals surface area contributed by atoms with E-state index < -0.39 is 36.7 Å². The molecule has 0 aromatic carbocycles. The summed E-state index contributed by atoms with van der Waals surface area (Å²) in [5.41, 5.74) is 0. The normalized spacial score (nSPS) is 33.5. The third kappa shape index (κ3) is 5.55. The quantitative estimate of drug-likeness (QED) is 0.353. The fourth-order valence-corrected chi connectivity index (χ4v) is 1.88. The Morgan fingerprint density at radius 1 is 1.25 bits per heavy atom. The van der Waals surface area contributed by atoms with Crippen LogP contribution in [0.25, 0.3) is 0 Å². The Morgan fingerprint density at radius 2 is 1.90 bits per heavy atom. The van der Waals surface area contributed by atoms with Crippen molar-refractivity contribution >= 4 is 5.97 Å². The summed E-state index contributed by atoms with van der Waals surface area (Å²) in [7, 11) is 2.70. The van der Waals surface area contributed by atoms with Crippen molar-refractivity contribution < 1.29 is 68.6 Å². The van der Waals surface area contributed by atoms with Gasteiger partial charge in [0.25, 0.3) is 0 Å². The van der Waals surface area contributed by atoms with E-state index in [1.165, 1.54) is 14.2 Å². The summed E-state index contributed by atoms with van der Waals surface area (Å²) in [6.07, 6.45) is -5.09. The van der Waals surface area contributed by atoms with Gasteiger partial charge in [0.15, 0.2) is 6.29 Å². The minimum absolute atomic E-state index is 0. The van der Waals surface area contributed by atoms with Crippen LogP contribution in [0.2, 0.25) is 0 Å². The van der Waals surface area contributed by atoms with Crippen molar-refractivity contribution in [3.63, 3.8) is 0 Å². The maximum absolute atomic E-state index is 10.2. The van der Waals surface area contributed by atoms with Crippen LogP contribution in [-0.4, -0.2) is 74.3 Å². The fraction of sp³-hybridized carbons (Fsp3) is 0.909. The van der Waals surface area contributed by atoms with Crippen LogP contribution in [0.3, 0.4) is 0 Å². The number of carboxylic acid groups (broad SMARTS) is 1. The molecular formula is C11H19NaO8. The predicted molar refractivity (Wildman–Crippen MR) is 58.9 cm³/mol. The molecule has 1 fully saturated rings. The molecule has 20 heavy (non-hydrogen) atoms. The van der Waals surface area contributed by atoms with Gasteiger partial charge in [-0.3, -0.25) is 0 Å². The van der Waals surface area contributed by atoms with Crippen LogP contribution in [0.5, 0.6) is 0 Å². The number of methoxy groups -OCH3 is 2. The van der Waals surface area contributed by atoms with Crippen LogP contribution >= 0.6 is 0 Å². The molecule has 9 heteroatoms. The Kier molecular flexibility index (Phi) is 10.2. The minimum atomic E-state index is -1.23. The van der Waals surface area contributed by atoms with Gasteiger partial charge in [-0.05, 0) is 0 Å². The number of carboxylic acids is 1. The molecule has 1 rings (SSSR count). The van der Waals surface area contributed by atoms with Crippen molar-refractivity contribution in [1.29, 1.82) is 0 Å². The standard InChI is InChI=1S/C11H20O8.Na/c1-16-10-6(5-18-4-3-7(12)13)19-11(17-2)9(15)8(10)14;/h6,8-11,14-15H,3-5H2,1-2H3,(H,12,13);/q;+1/p-1. The minimum Gasteiger partial charge on any atom is -0.550 e. The number of ether oxygens (including phenoxy) is 4. The first kappa shape index (κ1) is 20.2. The van der Waals surface area contributed by atoms with Gasteiger partial charge in [0.05, 0.1) is 13.2 Å².